The van der Waals surface area contributed by atoms with Crippen molar-refractivity contribution in [1.82, 2.24) is 20.4 Å². The molecule has 0 aliphatic rings. The van der Waals surface area contributed by atoms with Gasteiger partial charge in [0.1, 0.15) is 12.2 Å². The van der Waals surface area contributed by atoms with Crippen molar-refractivity contribution in [2.75, 3.05) is 18.4 Å². The summed E-state index contributed by atoms with van der Waals surface area (Å²) in [6, 6.07) is 12.7. The van der Waals surface area contributed by atoms with Gasteiger partial charge in [-0.1, -0.05) is 6.92 Å². The molecule has 0 radical (unpaired) electrons. The second-order valence-electron chi connectivity index (χ2n) is 6.78. The fourth-order valence-electron chi connectivity index (χ4n) is 2.74. The van der Waals surface area contributed by atoms with Crippen molar-refractivity contribution in [3.63, 3.8) is 0 Å². The number of rotatable bonds is 9. The average Bonchev–Trinajstić information content (AvgIpc) is 3.33. The second-order valence-corrected chi connectivity index (χ2v) is 6.78. The van der Waals surface area contributed by atoms with Crippen molar-refractivity contribution in [3.05, 3.63) is 70.7 Å². The molecule has 0 spiro atoms. The molecule has 0 bridgehead atoms. The molecule has 10 nitrogen and oxygen atoms in total. The second kappa shape index (κ2) is 10.7. The fraction of sp³-hybridized carbons (Fsp3) is 0.227. The average molecular weight is 437 g/mol. The number of hydrogen-bond acceptors (Lipinski definition) is 6. The molecule has 2 heterocycles. The van der Waals surface area contributed by atoms with Crippen LogP contribution < -0.4 is 21.5 Å². The zero-order chi connectivity index (χ0) is 22.9. The van der Waals surface area contributed by atoms with Gasteiger partial charge in [-0.05, 0) is 42.5 Å². The van der Waals surface area contributed by atoms with Gasteiger partial charge in [0.05, 0.1) is 6.26 Å². The van der Waals surface area contributed by atoms with E-state index in [1.54, 1.807) is 43.3 Å². The summed E-state index contributed by atoms with van der Waals surface area (Å²) in [6.07, 6.45) is 1.86. The van der Waals surface area contributed by atoms with Crippen molar-refractivity contribution in [1.29, 1.82) is 0 Å². The molecule has 10 heteroatoms. The maximum absolute atomic E-state index is 12.2. The Hall–Kier alpha value is -4.21. The largest absolute Gasteiger partial charge is 0.463 e. The number of hydrogen-bond donors (Lipinski definition) is 3. The van der Waals surface area contributed by atoms with Gasteiger partial charge < -0.3 is 20.4 Å². The smallest absolute Gasteiger partial charge is 0.267 e. The lowest BCUT2D eigenvalue weighted by Gasteiger charge is -2.09. The third kappa shape index (κ3) is 6.14. The summed E-state index contributed by atoms with van der Waals surface area (Å²) in [7, 11) is 0. The molecule has 1 aromatic carbocycles. The number of benzene rings is 1. The van der Waals surface area contributed by atoms with Crippen LogP contribution in [0.3, 0.4) is 0 Å². The van der Waals surface area contributed by atoms with E-state index in [0.29, 0.717) is 29.1 Å². The van der Waals surface area contributed by atoms with E-state index < -0.39 is 11.5 Å². The number of carbonyl (C=O) groups is 3. The molecule has 2 aromatic heterocycles. The van der Waals surface area contributed by atoms with Crippen LogP contribution in [0.15, 0.2) is 64.0 Å². The van der Waals surface area contributed by atoms with E-state index in [0.717, 1.165) is 4.68 Å². The lowest BCUT2D eigenvalue weighted by Crippen LogP contribution is -2.38. The van der Waals surface area contributed by atoms with Crippen LogP contribution >= 0.6 is 0 Å². The van der Waals surface area contributed by atoms with Crippen molar-refractivity contribution in [3.8, 4) is 11.5 Å². The van der Waals surface area contributed by atoms with E-state index in [2.05, 4.69) is 21.0 Å². The van der Waals surface area contributed by atoms with Crippen LogP contribution in [0.1, 0.15) is 23.7 Å². The molecule has 32 heavy (non-hydrogen) atoms. The van der Waals surface area contributed by atoms with E-state index in [4.69, 9.17) is 4.42 Å². The highest BCUT2D eigenvalue weighted by molar-refractivity contribution is 5.95. The topological polar surface area (TPSA) is 135 Å². The molecular formula is C22H23N5O5. The van der Waals surface area contributed by atoms with Crippen molar-refractivity contribution < 1.29 is 18.8 Å². The zero-order valence-electron chi connectivity index (χ0n) is 17.5. The Morgan fingerprint density at radius 1 is 0.969 bits per heavy atom. The zero-order valence-corrected chi connectivity index (χ0v) is 17.5. The predicted molar refractivity (Wildman–Crippen MR) is 117 cm³/mol. The molecule has 0 aliphatic carbocycles. The number of anilines is 1. The van der Waals surface area contributed by atoms with E-state index in [1.165, 1.54) is 18.4 Å². The molecule has 3 amide bonds. The minimum Gasteiger partial charge on any atom is -0.463 e. The highest BCUT2D eigenvalue weighted by atomic mass is 16.3. The van der Waals surface area contributed by atoms with Gasteiger partial charge >= 0.3 is 0 Å². The highest BCUT2D eigenvalue weighted by Gasteiger charge is 2.10. The first kappa shape index (κ1) is 22.5. The number of amides is 3. The molecule has 0 saturated heterocycles. The number of carbonyl (C=O) groups excluding carboxylic acids is 3. The fourth-order valence-corrected chi connectivity index (χ4v) is 2.74. The Morgan fingerprint density at radius 2 is 1.72 bits per heavy atom. The quantitative estimate of drug-likeness (QED) is 0.433. The normalized spacial score (nSPS) is 10.4. The van der Waals surface area contributed by atoms with E-state index in [-0.39, 0.29) is 31.4 Å². The molecule has 166 valence electrons. The number of aromatic nitrogens is 2. The minimum atomic E-state index is -0.415. The minimum absolute atomic E-state index is 0.108. The maximum atomic E-state index is 12.2. The first-order valence-corrected chi connectivity index (χ1v) is 10.0. The van der Waals surface area contributed by atoms with E-state index in [9.17, 15) is 19.2 Å². The lowest BCUT2D eigenvalue weighted by molar-refractivity contribution is -0.122. The van der Waals surface area contributed by atoms with Crippen molar-refractivity contribution >= 4 is 23.4 Å². The van der Waals surface area contributed by atoms with Crippen LogP contribution in [-0.2, 0) is 16.1 Å². The lowest BCUT2D eigenvalue weighted by atomic mass is 10.2. The Morgan fingerprint density at radius 3 is 2.41 bits per heavy atom. The van der Waals surface area contributed by atoms with Gasteiger partial charge in [-0.3, -0.25) is 19.2 Å². The van der Waals surface area contributed by atoms with Crippen molar-refractivity contribution in [2.24, 2.45) is 0 Å². The molecule has 0 aliphatic heterocycles. The molecule has 0 atom stereocenters. The summed E-state index contributed by atoms with van der Waals surface area (Å²) in [5.74, 6) is -0.344. The van der Waals surface area contributed by atoms with E-state index >= 15 is 0 Å². The summed E-state index contributed by atoms with van der Waals surface area (Å²) in [4.78, 5) is 47.7. The summed E-state index contributed by atoms with van der Waals surface area (Å²) < 4.78 is 6.30. The van der Waals surface area contributed by atoms with Gasteiger partial charge in [0.25, 0.3) is 11.5 Å². The van der Waals surface area contributed by atoms with E-state index in [1.807, 2.05) is 0 Å². The number of nitrogens with one attached hydrogen (secondary N) is 3. The van der Waals surface area contributed by atoms with Gasteiger partial charge in [-0.2, -0.15) is 5.10 Å². The molecular weight excluding hydrogens is 414 g/mol. The summed E-state index contributed by atoms with van der Waals surface area (Å²) in [5.41, 5.74) is 1.06. The summed E-state index contributed by atoms with van der Waals surface area (Å²) >= 11 is 0. The van der Waals surface area contributed by atoms with Crippen LogP contribution in [0.5, 0.6) is 0 Å². The summed E-state index contributed by atoms with van der Waals surface area (Å²) in [5, 5.41) is 12.2. The Kier molecular flexibility index (Phi) is 7.52. The Bertz CT molecular complexity index is 1140. The molecule has 0 unspecified atom stereocenters. The number of furan rings is 1. The highest BCUT2D eigenvalue weighted by Crippen LogP contribution is 2.15. The van der Waals surface area contributed by atoms with Gasteiger partial charge in [-0.25, -0.2) is 4.68 Å². The molecule has 0 saturated carbocycles. The predicted octanol–water partition coefficient (Wildman–Crippen LogP) is 1.40. The van der Waals surface area contributed by atoms with Gasteiger partial charge in [-0.15, -0.1) is 0 Å². The van der Waals surface area contributed by atoms with Gasteiger partial charge in [0, 0.05) is 36.8 Å². The van der Waals surface area contributed by atoms with Crippen LogP contribution in [0.4, 0.5) is 5.69 Å². The SMILES string of the molecule is CCC(=O)Nc1ccc(C(=O)NCCNC(=O)Cn2nc(-c3ccco3)ccc2=O)cc1. The molecule has 0 fully saturated rings. The number of nitrogens with zero attached hydrogens (tertiary/aromatic N) is 2. The Balaban J connectivity index is 1.44. The standard InChI is InChI=1S/C22H23N5O5/c1-2-19(28)25-16-7-5-15(6-8-16)22(31)24-12-11-23-20(29)14-27-21(30)10-9-17(26-27)18-4-3-13-32-18/h3-10,13H,2,11-12,14H2,1H3,(H,23,29)(H,24,31)(H,25,28). The van der Waals surface area contributed by atoms with Crippen molar-refractivity contribution in [2.45, 2.75) is 19.9 Å². The first-order chi connectivity index (χ1) is 15.5. The molecule has 3 N–H and O–H groups in total. The van der Waals surface area contributed by atoms with Crippen LogP contribution in [0.25, 0.3) is 11.5 Å². The van der Waals surface area contributed by atoms with Crippen LogP contribution in [0, 0.1) is 0 Å². The maximum Gasteiger partial charge on any atom is 0.267 e. The van der Waals surface area contributed by atoms with Crippen LogP contribution in [-0.4, -0.2) is 40.6 Å². The third-order valence-corrected chi connectivity index (χ3v) is 4.42. The Labute approximate surface area is 183 Å². The monoisotopic (exact) mass is 437 g/mol. The first-order valence-electron chi connectivity index (χ1n) is 10.0. The molecule has 3 aromatic rings. The summed E-state index contributed by atoms with van der Waals surface area (Å²) in [6.45, 7) is 1.88. The van der Waals surface area contributed by atoms with Crippen LogP contribution in [0.2, 0.25) is 0 Å². The van der Waals surface area contributed by atoms with Gasteiger partial charge in [0.2, 0.25) is 11.8 Å². The third-order valence-electron chi connectivity index (χ3n) is 4.42. The van der Waals surface area contributed by atoms with Gasteiger partial charge in [0.15, 0.2) is 5.76 Å². The molecule has 3 rings (SSSR count).